The highest BCUT2D eigenvalue weighted by Gasteiger charge is 2.05. The fourth-order valence-electron chi connectivity index (χ4n) is 2.06. The molecule has 1 amide bonds. The van der Waals surface area contributed by atoms with Crippen molar-refractivity contribution in [3.05, 3.63) is 72.7 Å². The van der Waals surface area contributed by atoms with E-state index in [2.05, 4.69) is 10.3 Å². The zero-order valence-electron chi connectivity index (χ0n) is 11.4. The minimum atomic E-state index is -0.0856. The Hall–Kier alpha value is -2.82. The van der Waals surface area contributed by atoms with E-state index in [0.717, 1.165) is 11.4 Å². The number of benzene rings is 1. The van der Waals surface area contributed by atoms with Gasteiger partial charge in [-0.3, -0.25) is 4.79 Å². The van der Waals surface area contributed by atoms with E-state index in [1.165, 1.54) is 6.39 Å². The fraction of sp³-hybridized carbons (Fsp3) is 0.125. The second kappa shape index (κ2) is 6.09. The third-order valence-corrected chi connectivity index (χ3v) is 3.18. The zero-order chi connectivity index (χ0) is 14.5. The average molecular weight is 281 g/mol. The lowest BCUT2D eigenvalue weighted by molar-refractivity contribution is 0.0954. The van der Waals surface area contributed by atoms with Crippen LogP contribution in [0.1, 0.15) is 16.1 Å². The SMILES string of the molecule is O=C(NCCc1cocn1)c1ccc(-n2cccc2)cc1. The summed E-state index contributed by atoms with van der Waals surface area (Å²) in [5.41, 5.74) is 2.50. The summed E-state index contributed by atoms with van der Waals surface area (Å²) in [5, 5.41) is 2.86. The van der Waals surface area contributed by atoms with Gasteiger partial charge in [0.25, 0.3) is 5.91 Å². The Morgan fingerprint density at radius 3 is 2.62 bits per heavy atom. The molecule has 0 spiro atoms. The van der Waals surface area contributed by atoms with Crippen LogP contribution in [0.2, 0.25) is 0 Å². The van der Waals surface area contributed by atoms with Crippen LogP contribution < -0.4 is 5.32 Å². The van der Waals surface area contributed by atoms with Crippen LogP contribution >= 0.6 is 0 Å². The van der Waals surface area contributed by atoms with E-state index < -0.39 is 0 Å². The predicted octanol–water partition coefficient (Wildman–Crippen LogP) is 2.44. The summed E-state index contributed by atoms with van der Waals surface area (Å²) >= 11 is 0. The van der Waals surface area contributed by atoms with Gasteiger partial charge >= 0.3 is 0 Å². The topological polar surface area (TPSA) is 60.1 Å². The van der Waals surface area contributed by atoms with E-state index in [-0.39, 0.29) is 5.91 Å². The molecule has 5 heteroatoms. The van der Waals surface area contributed by atoms with E-state index in [0.29, 0.717) is 18.5 Å². The van der Waals surface area contributed by atoms with Gasteiger partial charge < -0.3 is 14.3 Å². The van der Waals surface area contributed by atoms with Crippen molar-refractivity contribution in [1.29, 1.82) is 0 Å². The maximum atomic E-state index is 12.0. The van der Waals surface area contributed by atoms with Gasteiger partial charge in [0.1, 0.15) is 6.26 Å². The molecule has 3 rings (SSSR count). The molecule has 0 unspecified atom stereocenters. The summed E-state index contributed by atoms with van der Waals surface area (Å²) in [6, 6.07) is 11.4. The lowest BCUT2D eigenvalue weighted by Crippen LogP contribution is -2.25. The van der Waals surface area contributed by atoms with Crippen molar-refractivity contribution in [3.63, 3.8) is 0 Å². The minimum absolute atomic E-state index is 0.0856. The number of carbonyl (C=O) groups is 1. The molecule has 2 heterocycles. The van der Waals surface area contributed by atoms with Crippen molar-refractivity contribution >= 4 is 5.91 Å². The molecule has 0 fully saturated rings. The summed E-state index contributed by atoms with van der Waals surface area (Å²) in [7, 11) is 0. The van der Waals surface area contributed by atoms with Gasteiger partial charge in [-0.25, -0.2) is 4.98 Å². The van der Waals surface area contributed by atoms with Gasteiger partial charge in [0.2, 0.25) is 0 Å². The molecule has 0 aliphatic carbocycles. The Balaban J connectivity index is 1.57. The van der Waals surface area contributed by atoms with Crippen LogP contribution in [0.15, 0.2) is 65.9 Å². The molecule has 0 saturated carbocycles. The molecule has 0 atom stereocenters. The predicted molar refractivity (Wildman–Crippen MR) is 78.3 cm³/mol. The minimum Gasteiger partial charge on any atom is -0.451 e. The molecular formula is C16H15N3O2. The number of hydrogen-bond acceptors (Lipinski definition) is 3. The number of oxazole rings is 1. The third kappa shape index (κ3) is 3.20. The molecular weight excluding hydrogens is 266 g/mol. The summed E-state index contributed by atoms with van der Waals surface area (Å²) in [6.45, 7) is 0.532. The van der Waals surface area contributed by atoms with Crippen molar-refractivity contribution in [2.45, 2.75) is 6.42 Å². The standard InChI is InChI=1S/C16H15N3O2/c20-16(17-8-7-14-11-21-12-18-14)13-3-5-15(6-4-13)19-9-1-2-10-19/h1-6,9-12H,7-8H2,(H,17,20). The maximum absolute atomic E-state index is 12.0. The highest BCUT2D eigenvalue weighted by Crippen LogP contribution is 2.10. The van der Waals surface area contributed by atoms with Crippen LogP contribution in [0.5, 0.6) is 0 Å². The Morgan fingerprint density at radius 2 is 1.95 bits per heavy atom. The first-order valence-corrected chi connectivity index (χ1v) is 6.71. The highest BCUT2D eigenvalue weighted by atomic mass is 16.3. The molecule has 0 radical (unpaired) electrons. The number of carbonyl (C=O) groups excluding carboxylic acids is 1. The first-order chi connectivity index (χ1) is 10.3. The number of nitrogens with zero attached hydrogens (tertiary/aromatic N) is 2. The summed E-state index contributed by atoms with van der Waals surface area (Å²) < 4.78 is 6.87. The molecule has 5 nitrogen and oxygen atoms in total. The monoisotopic (exact) mass is 281 g/mol. The molecule has 1 N–H and O–H groups in total. The molecule has 2 aromatic heterocycles. The number of rotatable bonds is 5. The van der Waals surface area contributed by atoms with Gasteiger partial charge in [-0.15, -0.1) is 0 Å². The van der Waals surface area contributed by atoms with Gasteiger partial charge in [0.15, 0.2) is 6.39 Å². The van der Waals surface area contributed by atoms with Gasteiger partial charge in [0.05, 0.1) is 5.69 Å². The molecule has 0 bridgehead atoms. The van der Waals surface area contributed by atoms with Gasteiger partial charge in [0, 0.05) is 36.6 Å². The van der Waals surface area contributed by atoms with Crippen LogP contribution in [-0.4, -0.2) is 22.0 Å². The van der Waals surface area contributed by atoms with Gasteiger partial charge in [-0.2, -0.15) is 0 Å². The normalized spacial score (nSPS) is 10.5. The van der Waals surface area contributed by atoms with E-state index in [4.69, 9.17) is 4.42 Å². The molecule has 21 heavy (non-hydrogen) atoms. The number of hydrogen-bond donors (Lipinski definition) is 1. The van der Waals surface area contributed by atoms with Crippen molar-refractivity contribution in [1.82, 2.24) is 14.9 Å². The van der Waals surface area contributed by atoms with Crippen molar-refractivity contribution in [2.75, 3.05) is 6.54 Å². The van der Waals surface area contributed by atoms with Crippen LogP contribution in [0.25, 0.3) is 5.69 Å². The Kier molecular flexibility index (Phi) is 3.82. The van der Waals surface area contributed by atoms with Crippen molar-refractivity contribution in [2.24, 2.45) is 0 Å². The van der Waals surface area contributed by atoms with E-state index in [9.17, 15) is 4.79 Å². The van der Waals surface area contributed by atoms with Crippen molar-refractivity contribution < 1.29 is 9.21 Å². The second-order valence-corrected chi connectivity index (χ2v) is 4.62. The Labute approximate surface area is 122 Å². The van der Waals surface area contributed by atoms with Crippen LogP contribution in [0, 0.1) is 0 Å². The quantitative estimate of drug-likeness (QED) is 0.781. The van der Waals surface area contributed by atoms with Crippen molar-refractivity contribution in [3.8, 4) is 5.69 Å². The zero-order valence-corrected chi connectivity index (χ0v) is 11.4. The largest absolute Gasteiger partial charge is 0.451 e. The Bertz CT molecular complexity index is 686. The third-order valence-electron chi connectivity index (χ3n) is 3.18. The van der Waals surface area contributed by atoms with Crippen LogP contribution in [0.4, 0.5) is 0 Å². The summed E-state index contributed by atoms with van der Waals surface area (Å²) in [4.78, 5) is 16.0. The Morgan fingerprint density at radius 1 is 1.19 bits per heavy atom. The van der Waals surface area contributed by atoms with E-state index >= 15 is 0 Å². The van der Waals surface area contributed by atoms with E-state index in [1.807, 2.05) is 53.4 Å². The lowest BCUT2D eigenvalue weighted by Gasteiger charge is -2.06. The highest BCUT2D eigenvalue weighted by molar-refractivity contribution is 5.94. The number of amides is 1. The summed E-state index contributed by atoms with van der Waals surface area (Å²) in [5.74, 6) is -0.0856. The molecule has 3 aromatic rings. The smallest absolute Gasteiger partial charge is 0.251 e. The second-order valence-electron chi connectivity index (χ2n) is 4.62. The first kappa shape index (κ1) is 13.2. The average Bonchev–Trinajstić information content (AvgIpc) is 3.21. The number of nitrogens with one attached hydrogen (secondary N) is 1. The van der Waals surface area contributed by atoms with Crippen LogP contribution in [-0.2, 0) is 6.42 Å². The van der Waals surface area contributed by atoms with Crippen LogP contribution in [0.3, 0.4) is 0 Å². The molecule has 0 aliphatic heterocycles. The fourth-order valence-corrected chi connectivity index (χ4v) is 2.06. The van der Waals surface area contributed by atoms with E-state index in [1.54, 1.807) is 6.26 Å². The molecule has 1 aromatic carbocycles. The molecule has 0 aliphatic rings. The number of aromatic nitrogens is 2. The maximum Gasteiger partial charge on any atom is 0.251 e. The molecule has 106 valence electrons. The van der Waals surface area contributed by atoms with Gasteiger partial charge in [-0.1, -0.05) is 0 Å². The molecule has 0 saturated heterocycles. The van der Waals surface area contributed by atoms with Gasteiger partial charge in [-0.05, 0) is 36.4 Å². The lowest BCUT2D eigenvalue weighted by atomic mass is 10.2. The first-order valence-electron chi connectivity index (χ1n) is 6.71. The summed E-state index contributed by atoms with van der Waals surface area (Å²) in [6.07, 6.45) is 7.55.